The van der Waals surface area contributed by atoms with Gasteiger partial charge < -0.3 is 0 Å². The molecular formula is C15H15NO3. The number of Topliss-reactive ketones (excluding diaryl/α,β-unsaturated/α-hetero) is 1. The largest absolute Gasteiger partial charge is 0.295 e. The summed E-state index contributed by atoms with van der Waals surface area (Å²) < 4.78 is 0. The van der Waals surface area contributed by atoms with Crippen molar-refractivity contribution in [3.63, 3.8) is 0 Å². The van der Waals surface area contributed by atoms with Crippen LogP contribution in [0.3, 0.4) is 0 Å². The summed E-state index contributed by atoms with van der Waals surface area (Å²) in [7, 11) is 0. The fraction of sp³-hybridized carbons (Fsp3) is 0.400. The van der Waals surface area contributed by atoms with Gasteiger partial charge in [-0.2, -0.15) is 0 Å². The van der Waals surface area contributed by atoms with E-state index in [1.54, 1.807) is 24.3 Å². The number of carbonyl (C=O) groups is 3. The molecule has 0 unspecified atom stereocenters. The lowest BCUT2D eigenvalue weighted by Crippen LogP contribution is -2.36. The summed E-state index contributed by atoms with van der Waals surface area (Å²) in [5.74, 6) is -0.610. The number of amides is 2. The van der Waals surface area contributed by atoms with E-state index in [0.29, 0.717) is 11.3 Å². The van der Waals surface area contributed by atoms with Crippen LogP contribution >= 0.6 is 0 Å². The molecule has 2 atom stereocenters. The Bertz CT molecular complexity index is 576. The van der Waals surface area contributed by atoms with E-state index in [1.807, 2.05) is 13.8 Å². The fourth-order valence-electron chi connectivity index (χ4n) is 3.05. The van der Waals surface area contributed by atoms with Gasteiger partial charge in [0.2, 0.25) is 11.8 Å². The van der Waals surface area contributed by atoms with E-state index < -0.39 is 0 Å². The quantitative estimate of drug-likeness (QED) is 0.601. The number of hydrogen-bond donors (Lipinski definition) is 0. The average Bonchev–Trinajstić information content (AvgIpc) is 2.80. The summed E-state index contributed by atoms with van der Waals surface area (Å²) in [6, 6.07) is 6.61. The zero-order chi connectivity index (χ0) is 13.9. The van der Waals surface area contributed by atoms with Crippen LogP contribution in [0.4, 0.5) is 5.69 Å². The standard InChI is InChI=1S/C15H15NO3/c1-8(17)9-4-6-10(7-5-9)16-13(18)11-12(14(16)19)15(11,2)3/h4-7,11-12H,1-3H3/t11-,12-/m0/s1. The van der Waals surface area contributed by atoms with E-state index in [4.69, 9.17) is 0 Å². The number of hydrogen-bond acceptors (Lipinski definition) is 3. The molecule has 19 heavy (non-hydrogen) atoms. The van der Waals surface area contributed by atoms with Gasteiger partial charge in [0.15, 0.2) is 5.78 Å². The van der Waals surface area contributed by atoms with Crippen molar-refractivity contribution in [1.82, 2.24) is 0 Å². The van der Waals surface area contributed by atoms with E-state index in [-0.39, 0.29) is 34.8 Å². The van der Waals surface area contributed by atoms with Gasteiger partial charge in [-0.3, -0.25) is 19.3 Å². The second-order valence-corrected chi connectivity index (χ2v) is 5.89. The molecule has 1 saturated carbocycles. The molecular weight excluding hydrogens is 242 g/mol. The van der Waals surface area contributed by atoms with Crippen LogP contribution in [0.15, 0.2) is 24.3 Å². The lowest BCUT2D eigenvalue weighted by atomic mass is 10.0. The van der Waals surface area contributed by atoms with E-state index >= 15 is 0 Å². The molecule has 1 aromatic rings. The first kappa shape index (κ1) is 12.1. The highest BCUT2D eigenvalue weighted by atomic mass is 16.2. The third-order valence-electron chi connectivity index (χ3n) is 4.33. The highest BCUT2D eigenvalue weighted by Crippen LogP contribution is 2.63. The van der Waals surface area contributed by atoms with Gasteiger partial charge in [-0.25, -0.2) is 0 Å². The number of anilines is 1. The van der Waals surface area contributed by atoms with Crippen LogP contribution in [0.25, 0.3) is 0 Å². The highest BCUT2D eigenvalue weighted by Gasteiger charge is 2.72. The molecule has 1 heterocycles. The monoisotopic (exact) mass is 257 g/mol. The van der Waals surface area contributed by atoms with Crippen molar-refractivity contribution in [2.45, 2.75) is 20.8 Å². The summed E-state index contributed by atoms with van der Waals surface area (Å²) in [5.41, 5.74) is 0.945. The molecule has 1 saturated heterocycles. The van der Waals surface area contributed by atoms with Crippen LogP contribution in [0.1, 0.15) is 31.1 Å². The minimum Gasteiger partial charge on any atom is -0.295 e. The highest BCUT2D eigenvalue weighted by molar-refractivity contribution is 6.25. The number of nitrogens with zero attached hydrogens (tertiary/aromatic N) is 1. The van der Waals surface area contributed by atoms with Crippen LogP contribution in [-0.4, -0.2) is 17.6 Å². The second kappa shape index (κ2) is 3.53. The third kappa shape index (κ3) is 1.49. The van der Waals surface area contributed by atoms with Gasteiger partial charge >= 0.3 is 0 Å². The summed E-state index contributed by atoms with van der Waals surface area (Å²) in [6.07, 6.45) is 0. The number of imide groups is 1. The van der Waals surface area contributed by atoms with E-state index in [1.165, 1.54) is 11.8 Å². The maximum atomic E-state index is 12.2. The Balaban J connectivity index is 1.91. The first-order chi connectivity index (χ1) is 8.85. The van der Waals surface area contributed by atoms with Crippen molar-refractivity contribution in [1.29, 1.82) is 0 Å². The number of benzene rings is 1. The molecule has 2 fully saturated rings. The van der Waals surface area contributed by atoms with Crippen molar-refractivity contribution in [3.05, 3.63) is 29.8 Å². The summed E-state index contributed by atoms with van der Waals surface area (Å²) in [6.45, 7) is 5.39. The molecule has 1 aliphatic carbocycles. The normalized spacial score (nSPS) is 27.4. The Labute approximate surface area is 111 Å². The Morgan fingerprint density at radius 2 is 1.53 bits per heavy atom. The van der Waals surface area contributed by atoms with Gasteiger partial charge in [0, 0.05) is 5.56 Å². The molecule has 4 heteroatoms. The molecule has 0 radical (unpaired) electrons. The van der Waals surface area contributed by atoms with Crippen molar-refractivity contribution in [2.24, 2.45) is 17.3 Å². The Kier molecular flexibility index (Phi) is 2.24. The van der Waals surface area contributed by atoms with Gasteiger partial charge in [0.25, 0.3) is 0 Å². The van der Waals surface area contributed by atoms with Crippen LogP contribution in [0.2, 0.25) is 0 Å². The molecule has 1 aromatic carbocycles. The maximum Gasteiger partial charge on any atom is 0.238 e. The fourth-order valence-corrected chi connectivity index (χ4v) is 3.05. The Morgan fingerprint density at radius 1 is 1.05 bits per heavy atom. The number of fused-ring (bicyclic) bond motifs is 1. The zero-order valence-electron chi connectivity index (χ0n) is 11.1. The van der Waals surface area contributed by atoms with E-state index in [0.717, 1.165) is 0 Å². The molecule has 0 N–H and O–H groups in total. The molecule has 2 amide bonds. The Hall–Kier alpha value is -1.97. The smallest absolute Gasteiger partial charge is 0.238 e. The minimum absolute atomic E-state index is 0.0328. The SMILES string of the molecule is CC(=O)c1ccc(N2C(=O)[C@@H]3[C@@H](C2=O)C3(C)C)cc1. The molecule has 98 valence electrons. The number of carbonyl (C=O) groups excluding carboxylic acids is 3. The Morgan fingerprint density at radius 3 is 1.95 bits per heavy atom. The topological polar surface area (TPSA) is 54.5 Å². The van der Waals surface area contributed by atoms with Gasteiger partial charge in [0.1, 0.15) is 0 Å². The molecule has 0 aromatic heterocycles. The summed E-state index contributed by atoms with van der Waals surface area (Å²) in [4.78, 5) is 36.9. The van der Waals surface area contributed by atoms with E-state index in [2.05, 4.69) is 0 Å². The van der Waals surface area contributed by atoms with Crippen molar-refractivity contribution in [3.8, 4) is 0 Å². The molecule has 1 aliphatic heterocycles. The molecule has 3 rings (SSSR count). The number of ketones is 1. The lowest BCUT2D eigenvalue weighted by molar-refractivity contribution is -0.125. The molecule has 0 bridgehead atoms. The van der Waals surface area contributed by atoms with Crippen molar-refractivity contribution in [2.75, 3.05) is 4.90 Å². The molecule has 0 spiro atoms. The minimum atomic E-state index is -0.190. The van der Waals surface area contributed by atoms with Crippen molar-refractivity contribution < 1.29 is 14.4 Å². The lowest BCUT2D eigenvalue weighted by Gasteiger charge is -2.20. The average molecular weight is 257 g/mol. The summed E-state index contributed by atoms with van der Waals surface area (Å²) >= 11 is 0. The van der Waals surface area contributed by atoms with Gasteiger partial charge in [-0.05, 0) is 36.6 Å². The van der Waals surface area contributed by atoms with Crippen LogP contribution < -0.4 is 4.90 Å². The summed E-state index contributed by atoms with van der Waals surface area (Å²) in [5, 5.41) is 0. The first-order valence-electron chi connectivity index (χ1n) is 6.34. The molecule has 2 aliphatic rings. The predicted molar refractivity (Wildman–Crippen MR) is 69.7 cm³/mol. The second-order valence-electron chi connectivity index (χ2n) is 5.89. The zero-order valence-corrected chi connectivity index (χ0v) is 11.1. The van der Waals surface area contributed by atoms with Crippen LogP contribution in [0.5, 0.6) is 0 Å². The van der Waals surface area contributed by atoms with Gasteiger partial charge in [-0.15, -0.1) is 0 Å². The third-order valence-corrected chi connectivity index (χ3v) is 4.33. The van der Waals surface area contributed by atoms with Crippen LogP contribution in [0, 0.1) is 17.3 Å². The molecule has 4 nitrogen and oxygen atoms in total. The predicted octanol–water partition coefficient (Wildman–Crippen LogP) is 2.03. The maximum absolute atomic E-state index is 12.2. The first-order valence-corrected chi connectivity index (χ1v) is 6.34. The van der Waals surface area contributed by atoms with E-state index in [9.17, 15) is 14.4 Å². The van der Waals surface area contributed by atoms with Gasteiger partial charge in [0.05, 0.1) is 17.5 Å². The van der Waals surface area contributed by atoms with Crippen molar-refractivity contribution >= 4 is 23.3 Å². The van der Waals surface area contributed by atoms with Crippen LogP contribution in [-0.2, 0) is 9.59 Å². The van der Waals surface area contributed by atoms with Gasteiger partial charge in [-0.1, -0.05) is 13.8 Å². The number of rotatable bonds is 2. The number of piperidine rings is 1.